The van der Waals surface area contributed by atoms with E-state index in [0.717, 1.165) is 24.0 Å². The molecule has 2 nitrogen and oxygen atoms in total. The number of nitrogens with one attached hydrogen (secondary N) is 1. The number of benzene rings is 1. The Kier molecular flexibility index (Phi) is 3.56. The number of halogens is 1. The maximum Gasteiger partial charge on any atom is 0.126 e. The summed E-state index contributed by atoms with van der Waals surface area (Å²) in [5, 5.41) is 3.47. The van der Waals surface area contributed by atoms with Gasteiger partial charge in [-0.25, -0.2) is 4.39 Å². The standard InChI is InChI=1S/C13H18FNO/c1-9(8-16-2)15-13-7-6-10-11(13)4-3-5-12(10)14/h3-5,9,13,15H,6-8H2,1-2H3. The average molecular weight is 223 g/mol. The van der Waals surface area contributed by atoms with Crippen LogP contribution in [0.4, 0.5) is 4.39 Å². The first-order valence-corrected chi connectivity index (χ1v) is 5.74. The fraction of sp³-hybridized carbons (Fsp3) is 0.538. The molecule has 0 heterocycles. The van der Waals surface area contributed by atoms with Crippen LogP contribution in [0.1, 0.15) is 30.5 Å². The van der Waals surface area contributed by atoms with Gasteiger partial charge >= 0.3 is 0 Å². The summed E-state index contributed by atoms with van der Waals surface area (Å²) in [5.74, 6) is -0.0683. The Balaban J connectivity index is 2.09. The van der Waals surface area contributed by atoms with Gasteiger partial charge in [0.15, 0.2) is 0 Å². The lowest BCUT2D eigenvalue weighted by Crippen LogP contribution is -2.32. The molecule has 0 amide bonds. The zero-order chi connectivity index (χ0) is 11.5. The first-order chi connectivity index (χ1) is 7.72. The van der Waals surface area contributed by atoms with Gasteiger partial charge < -0.3 is 10.1 Å². The molecule has 0 aromatic heterocycles. The van der Waals surface area contributed by atoms with Crippen LogP contribution in [-0.2, 0) is 11.2 Å². The number of rotatable bonds is 4. The predicted octanol–water partition coefficient (Wildman–Crippen LogP) is 2.44. The van der Waals surface area contributed by atoms with Crippen molar-refractivity contribution in [3.63, 3.8) is 0 Å². The van der Waals surface area contributed by atoms with Crippen molar-refractivity contribution in [2.24, 2.45) is 0 Å². The molecule has 2 unspecified atom stereocenters. The smallest absolute Gasteiger partial charge is 0.126 e. The third kappa shape index (κ3) is 2.25. The van der Waals surface area contributed by atoms with Crippen LogP contribution >= 0.6 is 0 Å². The lowest BCUT2D eigenvalue weighted by Gasteiger charge is -2.19. The van der Waals surface area contributed by atoms with Gasteiger partial charge in [-0.05, 0) is 37.0 Å². The molecular weight excluding hydrogens is 205 g/mol. The minimum atomic E-state index is -0.0683. The van der Waals surface area contributed by atoms with E-state index < -0.39 is 0 Å². The van der Waals surface area contributed by atoms with Gasteiger partial charge in [0.25, 0.3) is 0 Å². The van der Waals surface area contributed by atoms with Crippen LogP contribution in [0.25, 0.3) is 0 Å². The van der Waals surface area contributed by atoms with E-state index in [1.807, 2.05) is 6.07 Å². The molecule has 0 saturated heterocycles. The second-order valence-electron chi connectivity index (χ2n) is 4.42. The zero-order valence-electron chi connectivity index (χ0n) is 9.79. The van der Waals surface area contributed by atoms with Crippen LogP contribution in [0.3, 0.4) is 0 Å². The van der Waals surface area contributed by atoms with Crippen LogP contribution in [0, 0.1) is 5.82 Å². The quantitative estimate of drug-likeness (QED) is 0.846. The topological polar surface area (TPSA) is 21.3 Å². The van der Waals surface area contributed by atoms with Crippen molar-refractivity contribution in [1.29, 1.82) is 0 Å². The normalized spacial score (nSPS) is 20.8. The van der Waals surface area contributed by atoms with Crippen LogP contribution in [0.5, 0.6) is 0 Å². The van der Waals surface area contributed by atoms with Gasteiger partial charge in [-0.2, -0.15) is 0 Å². The van der Waals surface area contributed by atoms with E-state index in [2.05, 4.69) is 12.2 Å². The first kappa shape index (κ1) is 11.6. The van der Waals surface area contributed by atoms with E-state index >= 15 is 0 Å². The summed E-state index contributed by atoms with van der Waals surface area (Å²) in [4.78, 5) is 0. The second-order valence-corrected chi connectivity index (χ2v) is 4.42. The maximum atomic E-state index is 13.5. The van der Waals surface area contributed by atoms with Crippen molar-refractivity contribution in [3.05, 3.63) is 35.1 Å². The highest BCUT2D eigenvalue weighted by Gasteiger charge is 2.25. The molecular formula is C13H18FNO. The van der Waals surface area contributed by atoms with Crippen molar-refractivity contribution in [1.82, 2.24) is 5.32 Å². The Morgan fingerprint density at radius 1 is 1.56 bits per heavy atom. The number of fused-ring (bicyclic) bond motifs is 1. The Morgan fingerprint density at radius 3 is 3.12 bits per heavy atom. The first-order valence-electron chi connectivity index (χ1n) is 5.74. The minimum absolute atomic E-state index is 0.0683. The molecule has 0 spiro atoms. The van der Waals surface area contributed by atoms with Crippen molar-refractivity contribution in [2.75, 3.05) is 13.7 Å². The third-order valence-electron chi connectivity index (χ3n) is 3.12. The van der Waals surface area contributed by atoms with Crippen LogP contribution in [0.2, 0.25) is 0 Å². The van der Waals surface area contributed by atoms with Gasteiger partial charge in [-0.15, -0.1) is 0 Å². The SMILES string of the molecule is COCC(C)NC1CCc2c(F)cccc21. The Hall–Kier alpha value is -0.930. The molecule has 1 aromatic carbocycles. The van der Waals surface area contributed by atoms with E-state index in [9.17, 15) is 4.39 Å². The van der Waals surface area contributed by atoms with Crippen molar-refractivity contribution >= 4 is 0 Å². The molecule has 16 heavy (non-hydrogen) atoms. The molecule has 1 aliphatic carbocycles. The number of methoxy groups -OCH3 is 1. The Morgan fingerprint density at radius 2 is 2.38 bits per heavy atom. The predicted molar refractivity (Wildman–Crippen MR) is 61.9 cm³/mol. The van der Waals surface area contributed by atoms with Gasteiger partial charge in [-0.1, -0.05) is 12.1 Å². The fourth-order valence-electron chi connectivity index (χ4n) is 2.42. The summed E-state index contributed by atoms with van der Waals surface area (Å²) in [5.41, 5.74) is 1.99. The van der Waals surface area contributed by atoms with Crippen molar-refractivity contribution < 1.29 is 9.13 Å². The Labute approximate surface area is 95.8 Å². The summed E-state index contributed by atoms with van der Waals surface area (Å²) >= 11 is 0. The summed E-state index contributed by atoms with van der Waals surface area (Å²) in [6, 6.07) is 5.91. The largest absolute Gasteiger partial charge is 0.383 e. The van der Waals surface area contributed by atoms with E-state index in [1.54, 1.807) is 19.2 Å². The highest BCUT2D eigenvalue weighted by molar-refractivity contribution is 5.35. The van der Waals surface area contributed by atoms with E-state index in [1.165, 1.54) is 0 Å². The molecule has 2 rings (SSSR count). The van der Waals surface area contributed by atoms with E-state index in [0.29, 0.717) is 12.6 Å². The molecule has 0 radical (unpaired) electrons. The van der Waals surface area contributed by atoms with Gasteiger partial charge in [0.05, 0.1) is 6.61 Å². The molecule has 0 aliphatic heterocycles. The highest BCUT2D eigenvalue weighted by atomic mass is 19.1. The highest BCUT2D eigenvalue weighted by Crippen LogP contribution is 2.32. The fourth-order valence-corrected chi connectivity index (χ4v) is 2.42. The zero-order valence-corrected chi connectivity index (χ0v) is 9.79. The molecule has 2 atom stereocenters. The molecule has 1 aliphatic rings. The van der Waals surface area contributed by atoms with Crippen molar-refractivity contribution in [2.45, 2.75) is 31.8 Å². The molecule has 0 bridgehead atoms. The minimum Gasteiger partial charge on any atom is -0.383 e. The number of ether oxygens (including phenoxy) is 1. The van der Waals surface area contributed by atoms with Crippen molar-refractivity contribution in [3.8, 4) is 0 Å². The molecule has 3 heteroatoms. The molecule has 0 saturated carbocycles. The Bertz CT molecular complexity index is 367. The van der Waals surface area contributed by atoms with Gasteiger partial charge in [0.2, 0.25) is 0 Å². The number of hydrogen-bond donors (Lipinski definition) is 1. The van der Waals surface area contributed by atoms with Gasteiger partial charge in [0, 0.05) is 19.2 Å². The van der Waals surface area contributed by atoms with Gasteiger partial charge in [0.1, 0.15) is 5.82 Å². The molecule has 88 valence electrons. The summed E-state index contributed by atoms with van der Waals surface area (Å²) in [7, 11) is 1.69. The lowest BCUT2D eigenvalue weighted by atomic mass is 10.1. The monoisotopic (exact) mass is 223 g/mol. The average Bonchev–Trinajstić information content (AvgIpc) is 2.64. The third-order valence-corrected chi connectivity index (χ3v) is 3.12. The summed E-state index contributed by atoms with van der Waals surface area (Å²) in [6.07, 6.45) is 1.81. The van der Waals surface area contributed by atoms with Gasteiger partial charge in [-0.3, -0.25) is 0 Å². The summed E-state index contributed by atoms with van der Waals surface area (Å²) in [6.45, 7) is 2.77. The molecule has 0 fully saturated rings. The van der Waals surface area contributed by atoms with Crippen LogP contribution < -0.4 is 5.32 Å². The molecule has 1 N–H and O–H groups in total. The van der Waals surface area contributed by atoms with E-state index in [-0.39, 0.29) is 11.9 Å². The summed E-state index contributed by atoms with van der Waals surface area (Å²) < 4.78 is 18.6. The number of hydrogen-bond acceptors (Lipinski definition) is 2. The van der Waals surface area contributed by atoms with Crippen LogP contribution in [0.15, 0.2) is 18.2 Å². The second kappa shape index (κ2) is 4.93. The molecule has 1 aromatic rings. The van der Waals surface area contributed by atoms with Crippen LogP contribution in [-0.4, -0.2) is 19.8 Å². The lowest BCUT2D eigenvalue weighted by molar-refractivity contribution is 0.166. The maximum absolute atomic E-state index is 13.5. The van der Waals surface area contributed by atoms with E-state index in [4.69, 9.17) is 4.74 Å².